The van der Waals surface area contributed by atoms with Crippen molar-refractivity contribution in [3.63, 3.8) is 0 Å². The minimum absolute atomic E-state index is 0.0158. The monoisotopic (exact) mass is 883 g/mol. The number of aryl methyl sites for hydroxylation is 1. The molecule has 0 aliphatic rings. The van der Waals surface area contributed by atoms with Gasteiger partial charge in [0.1, 0.15) is 0 Å². The number of hydrogen-bond donors (Lipinski definition) is 0. The van der Waals surface area contributed by atoms with Crippen LogP contribution >= 0.6 is 0 Å². The Morgan fingerprint density at radius 1 is 0.567 bits per heavy atom. The summed E-state index contributed by atoms with van der Waals surface area (Å²) in [5, 5.41) is 31.2. The van der Waals surface area contributed by atoms with E-state index in [1.54, 1.807) is 19.1 Å². The summed E-state index contributed by atoms with van der Waals surface area (Å²) in [6, 6.07) is 13.2. The van der Waals surface area contributed by atoms with Crippen LogP contribution < -0.4 is 8.37 Å². The summed E-state index contributed by atoms with van der Waals surface area (Å²) in [6.07, 6.45) is 1.24. The van der Waals surface area contributed by atoms with E-state index in [0.717, 1.165) is 24.3 Å². The van der Waals surface area contributed by atoms with Gasteiger partial charge in [0.15, 0.2) is 67.8 Å². The molecule has 0 radical (unpaired) electrons. The molecule has 0 unspecified atom stereocenters. The molecule has 0 N–H and O–H groups in total. The topological polar surface area (TPSA) is 177 Å². The van der Waals surface area contributed by atoms with E-state index >= 15 is 0 Å². The van der Waals surface area contributed by atoms with Gasteiger partial charge in [0.25, 0.3) is 5.69 Å². The number of nitriles is 2. The van der Waals surface area contributed by atoms with Gasteiger partial charge in [-0.3, -0.25) is 10.1 Å². The van der Waals surface area contributed by atoms with Crippen LogP contribution in [-0.2, 0) is 20.2 Å². The SMILES string of the molecule is Cc1ccc(/C(C#N)=C/c2cc(OS(=O)(=O)c3c(F)c(F)c(F)c(F)c3F)c(/C=C(\C#N)c3ccc([N+](=O)[O-])cc3)cc2OS(=O)(=O)c2c(F)c(F)c(F)c(F)c2F)cc1. The first kappa shape index (κ1) is 43.9. The molecule has 5 aromatic carbocycles. The molecule has 60 heavy (non-hydrogen) atoms. The van der Waals surface area contributed by atoms with Crippen LogP contribution in [0.25, 0.3) is 23.3 Å². The first-order valence-corrected chi connectivity index (χ1v) is 18.5. The molecule has 0 aromatic heterocycles. The molecule has 308 valence electrons. The maximum absolute atomic E-state index is 14.8. The number of allylic oxidation sites excluding steroid dienone is 2. The first-order valence-electron chi connectivity index (χ1n) is 15.7. The molecular weight excluding hydrogens is 869 g/mol. The van der Waals surface area contributed by atoms with Crippen LogP contribution in [0.4, 0.5) is 49.6 Å². The molecule has 0 heterocycles. The lowest BCUT2D eigenvalue weighted by Crippen LogP contribution is -2.19. The van der Waals surface area contributed by atoms with Gasteiger partial charge in [0.2, 0.25) is 11.6 Å². The van der Waals surface area contributed by atoms with Gasteiger partial charge in [-0.2, -0.15) is 27.4 Å². The van der Waals surface area contributed by atoms with E-state index in [0.29, 0.717) is 29.8 Å². The predicted molar refractivity (Wildman–Crippen MR) is 186 cm³/mol. The van der Waals surface area contributed by atoms with Crippen LogP contribution in [0.2, 0.25) is 0 Å². The number of nitrogens with zero attached hydrogens (tertiary/aromatic N) is 3. The Kier molecular flexibility index (Phi) is 12.1. The third kappa shape index (κ3) is 8.34. The zero-order valence-electron chi connectivity index (χ0n) is 29.1. The fourth-order valence-electron chi connectivity index (χ4n) is 5.06. The van der Waals surface area contributed by atoms with Crippen molar-refractivity contribution in [1.29, 1.82) is 10.5 Å². The van der Waals surface area contributed by atoms with Gasteiger partial charge in [-0.05, 0) is 54.5 Å². The molecule has 5 aromatic rings. The molecule has 5 rings (SSSR count). The average molecular weight is 884 g/mol. The molecule has 0 amide bonds. The van der Waals surface area contributed by atoms with Crippen LogP contribution in [0.1, 0.15) is 27.8 Å². The molecule has 0 aliphatic heterocycles. The fourth-order valence-corrected chi connectivity index (χ4v) is 7.22. The number of halogens is 10. The number of hydrogen-bond acceptors (Lipinski definition) is 10. The van der Waals surface area contributed by atoms with Crippen LogP contribution in [0.3, 0.4) is 0 Å². The molecule has 0 aliphatic carbocycles. The highest BCUT2D eigenvalue weighted by molar-refractivity contribution is 7.87. The number of nitro benzene ring substituents is 1. The minimum Gasteiger partial charge on any atom is -0.378 e. The highest BCUT2D eigenvalue weighted by atomic mass is 32.2. The van der Waals surface area contributed by atoms with Crippen molar-refractivity contribution in [3.05, 3.63) is 157 Å². The smallest absolute Gasteiger partial charge is 0.345 e. The highest BCUT2D eigenvalue weighted by Crippen LogP contribution is 2.39. The Morgan fingerprint density at radius 2 is 0.867 bits per heavy atom. The fraction of sp³-hybridized carbons (Fsp3) is 0.0270. The van der Waals surface area contributed by atoms with Crippen LogP contribution in [-0.4, -0.2) is 21.8 Å². The quantitative estimate of drug-likeness (QED) is 0.0182. The highest BCUT2D eigenvalue weighted by Gasteiger charge is 2.38. The summed E-state index contributed by atoms with van der Waals surface area (Å²) in [7, 11) is -12.5. The largest absolute Gasteiger partial charge is 0.378 e. The van der Waals surface area contributed by atoms with Crippen molar-refractivity contribution in [1.82, 2.24) is 0 Å². The summed E-state index contributed by atoms with van der Waals surface area (Å²) in [5.74, 6) is -30.8. The lowest BCUT2D eigenvalue weighted by molar-refractivity contribution is -0.384. The Balaban J connectivity index is 1.88. The second-order valence-corrected chi connectivity index (χ2v) is 14.8. The Morgan fingerprint density at radius 3 is 1.17 bits per heavy atom. The van der Waals surface area contributed by atoms with Gasteiger partial charge in [0.05, 0.1) is 28.2 Å². The van der Waals surface area contributed by atoms with Crippen LogP contribution in [0.5, 0.6) is 11.5 Å². The van der Waals surface area contributed by atoms with E-state index in [-0.39, 0.29) is 11.1 Å². The van der Waals surface area contributed by atoms with Gasteiger partial charge in [-0.15, -0.1) is 0 Å². The second kappa shape index (κ2) is 16.6. The molecule has 11 nitrogen and oxygen atoms in total. The van der Waals surface area contributed by atoms with E-state index in [9.17, 15) is 81.4 Å². The molecule has 0 saturated heterocycles. The van der Waals surface area contributed by atoms with Gasteiger partial charge in [-0.1, -0.05) is 29.8 Å². The van der Waals surface area contributed by atoms with Crippen LogP contribution in [0.15, 0.2) is 70.5 Å². The van der Waals surface area contributed by atoms with Crippen LogP contribution in [0, 0.1) is 97.9 Å². The van der Waals surface area contributed by atoms with Crippen molar-refractivity contribution in [2.45, 2.75) is 16.7 Å². The molecular formula is C37H15F10N3O8S2. The van der Waals surface area contributed by atoms with E-state index in [1.807, 2.05) is 0 Å². The van der Waals surface area contributed by atoms with Gasteiger partial charge in [0, 0.05) is 23.3 Å². The first-order chi connectivity index (χ1) is 28.0. The summed E-state index contributed by atoms with van der Waals surface area (Å²) in [4.78, 5) is 5.21. The maximum atomic E-state index is 14.8. The van der Waals surface area contributed by atoms with Crippen molar-refractivity contribution >= 4 is 49.2 Å². The standard InChI is InChI=1S/C37H15F10N3O8S2/c1-16-2-4-17(5-3-16)21(14-48)10-19-12-25(58-60(55,56)37-34(46)30(42)27(39)31(43)35(37)47)20(11-22(15-49)18-6-8-23(9-7-18)50(51)52)13-24(19)57-59(53,54)36-32(44)28(40)26(38)29(41)33(36)45/h2-13H,1H3/b21-10+,22-11+. The summed E-state index contributed by atoms with van der Waals surface area (Å²) < 4.78 is 206. The molecule has 0 bridgehead atoms. The molecule has 0 atom stereocenters. The van der Waals surface area contributed by atoms with Gasteiger partial charge in [-0.25, -0.2) is 43.9 Å². The van der Waals surface area contributed by atoms with Crippen molar-refractivity contribution in [3.8, 4) is 23.6 Å². The number of nitro groups is 1. The summed E-state index contributed by atoms with van der Waals surface area (Å²) in [5.41, 5.74) is -3.11. The Labute approximate surface area is 330 Å². The number of non-ortho nitro benzene ring substituents is 1. The lowest BCUT2D eigenvalue weighted by Gasteiger charge is -2.17. The van der Waals surface area contributed by atoms with Gasteiger partial charge >= 0.3 is 20.2 Å². The zero-order chi connectivity index (χ0) is 44.6. The van der Waals surface area contributed by atoms with E-state index in [4.69, 9.17) is 8.37 Å². The van der Waals surface area contributed by atoms with Crippen molar-refractivity contribution < 1.29 is 74.0 Å². The number of benzene rings is 5. The van der Waals surface area contributed by atoms with E-state index in [1.165, 1.54) is 24.3 Å². The maximum Gasteiger partial charge on any atom is 0.345 e. The van der Waals surface area contributed by atoms with Crippen molar-refractivity contribution in [2.24, 2.45) is 0 Å². The Bertz CT molecular complexity index is 2960. The third-order valence-electron chi connectivity index (χ3n) is 7.97. The molecule has 0 saturated carbocycles. The molecule has 0 fully saturated rings. The van der Waals surface area contributed by atoms with E-state index < -0.39 is 133 Å². The molecule has 23 heteroatoms. The second-order valence-electron chi connectivity index (χ2n) is 11.8. The normalized spacial score (nSPS) is 12.2. The summed E-state index contributed by atoms with van der Waals surface area (Å²) in [6.45, 7) is 1.63. The van der Waals surface area contributed by atoms with Crippen molar-refractivity contribution in [2.75, 3.05) is 0 Å². The summed E-state index contributed by atoms with van der Waals surface area (Å²) >= 11 is 0. The van der Waals surface area contributed by atoms with E-state index in [2.05, 4.69) is 0 Å². The van der Waals surface area contributed by atoms with Gasteiger partial charge < -0.3 is 8.37 Å². The zero-order valence-corrected chi connectivity index (χ0v) is 30.8. The lowest BCUT2D eigenvalue weighted by atomic mass is 9.99. The minimum atomic E-state index is -6.25. The average Bonchev–Trinajstić information content (AvgIpc) is 3.20. The molecule has 0 spiro atoms. The number of rotatable bonds is 11. The Hall–Kier alpha value is -7.24. The third-order valence-corrected chi connectivity index (χ3v) is 10.5. The predicted octanol–water partition coefficient (Wildman–Crippen LogP) is 8.96.